The van der Waals surface area contributed by atoms with Gasteiger partial charge in [-0.15, -0.1) is 45.3 Å². The van der Waals surface area contributed by atoms with Crippen molar-refractivity contribution in [3.05, 3.63) is 181 Å². The third-order valence-corrected chi connectivity index (χ3v) is 14.7. The lowest BCUT2D eigenvalue weighted by Crippen LogP contribution is -1.80. The van der Waals surface area contributed by atoms with E-state index in [9.17, 15) is 0 Å². The Balaban J connectivity index is 0.805. The van der Waals surface area contributed by atoms with Crippen molar-refractivity contribution in [1.82, 2.24) is 0 Å². The van der Waals surface area contributed by atoms with Crippen molar-refractivity contribution >= 4 is 85.7 Å². The van der Waals surface area contributed by atoms with E-state index in [-0.39, 0.29) is 0 Å². The summed E-state index contributed by atoms with van der Waals surface area (Å²) in [5, 5.41) is 9.82. The monoisotopic (exact) mass is 758 g/mol. The van der Waals surface area contributed by atoms with Gasteiger partial charge in [-0.1, -0.05) is 133 Å². The van der Waals surface area contributed by atoms with Crippen LogP contribution in [0.2, 0.25) is 0 Å². The second-order valence-electron chi connectivity index (χ2n) is 13.7. The van der Waals surface area contributed by atoms with E-state index < -0.39 is 0 Å². The molecule has 0 atom stereocenters. The predicted octanol–water partition coefficient (Wildman–Crippen LogP) is 16.5. The van der Waals surface area contributed by atoms with Gasteiger partial charge in [-0.05, 0) is 102 Å². The van der Waals surface area contributed by atoms with E-state index in [1.165, 1.54) is 106 Å². The maximum atomic E-state index is 2.37. The van der Waals surface area contributed by atoms with Crippen LogP contribution in [0.25, 0.3) is 106 Å². The zero-order valence-corrected chi connectivity index (χ0v) is 32.2. The molecule has 0 saturated heterocycles. The molecule has 11 aromatic rings. The maximum absolute atomic E-state index is 2.37. The molecule has 54 heavy (non-hydrogen) atoms. The summed E-state index contributed by atoms with van der Waals surface area (Å²) in [4.78, 5) is 2.61. The van der Waals surface area contributed by atoms with Gasteiger partial charge in [0.1, 0.15) is 0 Å². The van der Waals surface area contributed by atoms with Crippen LogP contribution in [-0.2, 0) is 0 Å². The summed E-state index contributed by atoms with van der Waals surface area (Å²) in [5.41, 5.74) is 12.6. The molecule has 254 valence electrons. The predicted molar refractivity (Wildman–Crippen MR) is 241 cm³/mol. The van der Waals surface area contributed by atoms with Crippen molar-refractivity contribution in [3.8, 4) is 65.4 Å². The van der Waals surface area contributed by atoms with Gasteiger partial charge in [-0.2, -0.15) is 0 Å². The highest BCUT2D eigenvalue weighted by Gasteiger charge is 2.12. The first-order chi connectivity index (χ1) is 26.7. The Hall–Kier alpha value is -5.62. The lowest BCUT2D eigenvalue weighted by Gasteiger charge is -2.06. The summed E-state index contributed by atoms with van der Waals surface area (Å²) in [6.45, 7) is 0. The molecule has 0 bridgehead atoms. The average molecular weight is 759 g/mol. The van der Waals surface area contributed by atoms with Crippen molar-refractivity contribution < 1.29 is 0 Å². The first-order valence-corrected chi connectivity index (χ1v) is 21.4. The number of hydrogen-bond donors (Lipinski definition) is 0. The molecule has 0 nitrogen and oxygen atoms in total. The molecule has 0 spiro atoms. The van der Waals surface area contributed by atoms with Gasteiger partial charge in [0.25, 0.3) is 0 Å². The molecule has 4 aromatic heterocycles. The minimum atomic E-state index is 1.24. The Bertz CT molecular complexity index is 2850. The van der Waals surface area contributed by atoms with Crippen LogP contribution in [0.15, 0.2) is 181 Å². The molecular formula is C50H30S4. The Kier molecular flexibility index (Phi) is 7.70. The van der Waals surface area contributed by atoms with Gasteiger partial charge in [0.05, 0.1) is 0 Å². The van der Waals surface area contributed by atoms with E-state index in [0.717, 1.165) is 0 Å². The molecule has 0 saturated carbocycles. The van der Waals surface area contributed by atoms with Gasteiger partial charge in [0.2, 0.25) is 0 Å². The fraction of sp³-hybridized carbons (Fsp3) is 0. The Morgan fingerprint density at radius 1 is 0.278 bits per heavy atom. The summed E-state index contributed by atoms with van der Waals surface area (Å²) >= 11 is 7.38. The van der Waals surface area contributed by atoms with E-state index in [4.69, 9.17) is 0 Å². The molecule has 7 aromatic carbocycles. The SMILES string of the molecule is c1ccc2c(-c3ccc(-c4ccc(-c5cc6cc7sc(-c8ccc(-c9ccc(-c%10csc%11ccccc%10%11)cc9)cc8)cc7cc6s5)cc4)cc3)csc2c1. The van der Waals surface area contributed by atoms with Crippen molar-refractivity contribution in [2.45, 2.75) is 0 Å². The van der Waals surface area contributed by atoms with E-state index in [2.05, 4.69) is 181 Å². The number of rotatable bonds is 6. The second-order valence-corrected chi connectivity index (χ2v) is 17.7. The lowest BCUT2D eigenvalue weighted by molar-refractivity contribution is 1.61. The minimum Gasteiger partial charge on any atom is -0.143 e. The number of fused-ring (bicyclic) bond motifs is 4. The van der Waals surface area contributed by atoms with Crippen molar-refractivity contribution in [3.63, 3.8) is 0 Å². The number of benzene rings is 7. The van der Waals surface area contributed by atoms with Crippen molar-refractivity contribution in [2.24, 2.45) is 0 Å². The summed E-state index contributed by atoms with van der Waals surface area (Å²) < 4.78 is 5.33. The van der Waals surface area contributed by atoms with Gasteiger partial charge < -0.3 is 0 Å². The zero-order valence-electron chi connectivity index (χ0n) is 29.0. The van der Waals surface area contributed by atoms with Crippen LogP contribution in [0.4, 0.5) is 0 Å². The van der Waals surface area contributed by atoms with Gasteiger partial charge in [0, 0.05) is 50.5 Å². The third-order valence-electron chi connectivity index (χ3n) is 10.5. The quantitative estimate of drug-likeness (QED) is 0.158. The van der Waals surface area contributed by atoms with Gasteiger partial charge in [-0.3, -0.25) is 0 Å². The second kappa shape index (κ2) is 13.0. The first-order valence-electron chi connectivity index (χ1n) is 18.0. The Morgan fingerprint density at radius 2 is 0.611 bits per heavy atom. The fourth-order valence-electron chi connectivity index (χ4n) is 7.60. The molecule has 0 unspecified atom stereocenters. The molecule has 0 N–H and O–H groups in total. The molecule has 0 aliphatic rings. The molecule has 11 rings (SSSR count). The third kappa shape index (κ3) is 5.62. The summed E-state index contributed by atoms with van der Waals surface area (Å²) in [5.74, 6) is 0. The normalized spacial score (nSPS) is 11.7. The van der Waals surface area contributed by atoms with Crippen molar-refractivity contribution in [2.75, 3.05) is 0 Å². The average Bonchev–Trinajstić information content (AvgIpc) is 4.05. The molecule has 4 heteroatoms. The molecule has 4 heterocycles. The summed E-state index contributed by atoms with van der Waals surface area (Å²) in [6.07, 6.45) is 0. The summed E-state index contributed by atoms with van der Waals surface area (Å²) in [7, 11) is 0. The van der Waals surface area contributed by atoms with Crippen LogP contribution in [0.1, 0.15) is 0 Å². The largest absolute Gasteiger partial charge is 0.143 e. The zero-order chi connectivity index (χ0) is 35.6. The van der Waals surface area contributed by atoms with Crippen molar-refractivity contribution in [1.29, 1.82) is 0 Å². The number of thiophene rings is 4. The highest BCUT2D eigenvalue weighted by Crippen LogP contribution is 2.42. The fourth-order valence-corrected chi connectivity index (χ4v) is 11.7. The molecule has 0 fully saturated rings. The molecule has 0 radical (unpaired) electrons. The van der Waals surface area contributed by atoms with Crippen LogP contribution < -0.4 is 0 Å². The molecular weight excluding hydrogens is 729 g/mol. The standard InChI is InChI=1S/C50H30S4/c1-3-7-45-41(5-1)43(29-51-45)35-17-9-31(10-18-35)33-13-21-37(22-14-33)47-25-39-27-50-40(28-49(39)53-47)26-48(54-50)38-23-15-34(16-24-38)32-11-19-36(20-12-32)44-30-52-46-8-4-2-6-42(44)46/h1-30H. The van der Waals surface area contributed by atoms with Crippen LogP contribution in [0, 0.1) is 0 Å². The van der Waals surface area contributed by atoms with E-state index >= 15 is 0 Å². The van der Waals surface area contributed by atoms with Crippen LogP contribution in [0.3, 0.4) is 0 Å². The Labute approximate surface area is 329 Å². The lowest BCUT2D eigenvalue weighted by atomic mass is 9.99. The maximum Gasteiger partial charge on any atom is 0.0356 e. The summed E-state index contributed by atoms with van der Waals surface area (Å²) in [6, 6.07) is 62.9. The molecule has 0 aliphatic heterocycles. The van der Waals surface area contributed by atoms with Crippen LogP contribution >= 0.6 is 45.3 Å². The van der Waals surface area contributed by atoms with Crippen LogP contribution in [0.5, 0.6) is 0 Å². The van der Waals surface area contributed by atoms with Crippen LogP contribution in [-0.4, -0.2) is 0 Å². The van der Waals surface area contributed by atoms with E-state index in [1.54, 1.807) is 0 Å². The van der Waals surface area contributed by atoms with Gasteiger partial charge in [-0.25, -0.2) is 0 Å². The first kappa shape index (κ1) is 31.9. The molecule has 0 aliphatic carbocycles. The minimum absolute atomic E-state index is 1.24. The number of hydrogen-bond acceptors (Lipinski definition) is 4. The van der Waals surface area contributed by atoms with E-state index in [1.807, 2.05) is 45.3 Å². The smallest absolute Gasteiger partial charge is 0.0356 e. The molecule has 0 amide bonds. The van der Waals surface area contributed by atoms with Gasteiger partial charge in [0.15, 0.2) is 0 Å². The highest BCUT2D eigenvalue weighted by atomic mass is 32.1. The Morgan fingerprint density at radius 3 is 1.00 bits per heavy atom. The highest BCUT2D eigenvalue weighted by molar-refractivity contribution is 7.24. The topological polar surface area (TPSA) is 0 Å². The van der Waals surface area contributed by atoms with E-state index in [0.29, 0.717) is 0 Å². The van der Waals surface area contributed by atoms with Gasteiger partial charge >= 0.3 is 0 Å².